The van der Waals surface area contributed by atoms with E-state index in [-0.39, 0.29) is 38.4 Å². The third-order valence-electron chi connectivity index (χ3n) is 6.50. The van der Waals surface area contributed by atoms with E-state index >= 15 is 0 Å². The van der Waals surface area contributed by atoms with Crippen LogP contribution in [0.15, 0.2) is 127 Å². The predicted molar refractivity (Wildman–Crippen MR) is 158 cm³/mol. The molecule has 0 atom stereocenters. The molecule has 1 aliphatic heterocycles. The molecule has 0 fully saturated rings. The molecule has 0 saturated heterocycles. The van der Waals surface area contributed by atoms with Crippen molar-refractivity contribution in [2.75, 3.05) is 0 Å². The second-order valence-electron chi connectivity index (χ2n) is 9.35. The van der Waals surface area contributed by atoms with Gasteiger partial charge in [0, 0.05) is 32.4 Å². The maximum absolute atomic E-state index is 10.0. The topological polar surface area (TPSA) is 50.2 Å². The number of allylic oxidation sites excluding steroid dienone is 2. The average Bonchev–Trinajstić information content (AvgIpc) is 3.28. The molecule has 3 nitrogen and oxygen atoms in total. The summed E-state index contributed by atoms with van der Waals surface area (Å²) < 4.78 is 0. The minimum absolute atomic E-state index is 0. The van der Waals surface area contributed by atoms with Crippen LogP contribution in [0.4, 0.5) is 0 Å². The first-order chi connectivity index (χ1) is 18.5. The van der Waals surface area contributed by atoms with E-state index in [1.54, 1.807) is 0 Å². The molecule has 6 rings (SSSR count). The van der Waals surface area contributed by atoms with Gasteiger partial charge in [0.2, 0.25) is 0 Å². The number of hydrogen-bond acceptors (Lipinski definition) is 3. The van der Waals surface area contributed by atoms with Crippen molar-refractivity contribution in [2.24, 2.45) is 0 Å². The first-order valence-electron chi connectivity index (χ1n) is 12.6. The van der Waals surface area contributed by atoms with Gasteiger partial charge in [-0.3, -0.25) is 4.79 Å². The quantitative estimate of drug-likeness (QED) is 0.112. The number of carbonyl (C=O) groups is 1. The largest absolute Gasteiger partial charge is 0.512 e. The first kappa shape index (κ1) is 28.0. The molecule has 193 valence electrons. The Bertz CT molecular complexity index is 1510. The molecular formula is C34H27BIrNO2-. The number of carbonyl (C=O) groups excluding carboxylic acids is 1. The van der Waals surface area contributed by atoms with Gasteiger partial charge in [0.15, 0.2) is 12.5 Å². The molecule has 0 aliphatic carbocycles. The third-order valence-corrected chi connectivity index (χ3v) is 6.50. The summed E-state index contributed by atoms with van der Waals surface area (Å²) in [4.78, 5) is 14.7. The fourth-order valence-corrected chi connectivity index (χ4v) is 4.99. The number of nitrogens with zero attached hydrogens (tertiary/aromatic N) is 1. The SMILES string of the molecule is CC(=O)/C=C(/C)O.[Ir].[c-]1cccc2c1-c1ncccc1B2c1cc(-c2ccccc2)cc(-c2ccccc2)c1. The van der Waals surface area contributed by atoms with Gasteiger partial charge >= 0.3 is 0 Å². The predicted octanol–water partition coefficient (Wildman–Crippen LogP) is 5.75. The summed E-state index contributed by atoms with van der Waals surface area (Å²) in [5.41, 5.74) is 10.9. The van der Waals surface area contributed by atoms with Crippen molar-refractivity contribution in [3.63, 3.8) is 0 Å². The van der Waals surface area contributed by atoms with Crippen molar-refractivity contribution in [2.45, 2.75) is 13.8 Å². The molecule has 5 heteroatoms. The molecule has 1 radical (unpaired) electrons. The van der Waals surface area contributed by atoms with Crippen molar-refractivity contribution in [1.82, 2.24) is 4.98 Å². The zero-order valence-electron chi connectivity index (χ0n) is 21.8. The van der Waals surface area contributed by atoms with Crippen LogP contribution in [0.25, 0.3) is 33.5 Å². The Morgan fingerprint density at radius 2 is 1.36 bits per heavy atom. The molecule has 0 unspecified atom stereocenters. The Morgan fingerprint density at radius 1 is 0.769 bits per heavy atom. The first-order valence-corrected chi connectivity index (χ1v) is 12.6. The van der Waals surface area contributed by atoms with Crippen molar-refractivity contribution in [3.8, 4) is 33.5 Å². The van der Waals surface area contributed by atoms with Crippen LogP contribution in [0.2, 0.25) is 0 Å². The zero-order valence-corrected chi connectivity index (χ0v) is 24.2. The molecule has 0 saturated carbocycles. The monoisotopic (exact) mass is 685 g/mol. The van der Waals surface area contributed by atoms with E-state index < -0.39 is 0 Å². The summed E-state index contributed by atoms with van der Waals surface area (Å²) in [5.74, 6) is -0.0625. The maximum atomic E-state index is 10.0. The minimum Gasteiger partial charge on any atom is -0.512 e. The van der Waals surface area contributed by atoms with E-state index in [1.165, 1.54) is 58.6 Å². The van der Waals surface area contributed by atoms with Crippen LogP contribution in [-0.4, -0.2) is 22.6 Å². The van der Waals surface area contributed by atoms with Gasteiger partial charge in [0.1, 0.15) is 0 Å². The smallest absolute Gasteiger partial charge is 0.181 e. The molecule has 1 aromatic heterocycles. The van der Waals surface area contributed by atoms with E-state index in [4.69, 9.17) is 10.1 Å². The summed E-state index contributed by atoms with van der Waals surface area (Å²) >= 11 is 0. The van der Waals surface area contributed by atoms with Crippen LogP contribution in [0, 0.1) is 6.07 Å². The van der Waals surface area contributed by atoms with E-state index in [2.05, 4.69) is 103 Å². The molecule has 5 aromatic rings. The molecule has 4 aromatic carbocycles. The van der Waals surface area contributed by atoms with Gasteiger partial charge in [-0.25, -0.2) is 0 Å². The van der Waals surface area contributed by atoms with Gasteiger partial charge in [0.25, 0.3) is 0 Å². The van der Waals surface area contributed by atoms with Crippen LogP contribution < -0.4 is 16.4 Å². The second-order valence-corrected chi connectivity index (χ2v) is 9.35. The maximum Gasteiger partial charge on any atom is 0.181 e. The summed E-state index contributed by atoms with van der Waals surface area (Å²) in [6.07, 6.45) is 3.04. The molecule has 2 heterocycles. The second kappa shape index (κ2) is 12.7. The van der Waals surface area contributed by atoms with Gasteiger partial charge in [-0.15, -0.1) is 35.3 Å². The Morgan fingerprint density at radius 3 is 1.90 bits per heavy atom. The van der Waals surface area contributed by atoms with E-state index in [0.717, 1.165) is 11.3 Å². The fourth-order valence-electron chi connectivity index (χ4n) is 4.99. The summed E-state index contributed by atoms with van der Waals surface area (Å²) in [5, 5.41) is 8.36. The number of hydrogen-bond donors (Lipinski definition) is 1. The third kappa shape index (κ3) is 6.34. The van der Waals surface area contributed by atoms with E-state index in [0.29, 0.717) is 0 Å². The number of fused-ring (bicyclic) bond motifs is 3. The van der Waals surface area contributed by atoms with Crippen molar-refractivity contribution in [1.29, 1.82) is 0 Å². The number of benzene rings is 4. The number of ketones is 1. The van der Waals surface area contributed by atoms with Gasteiger partial charge in [0.05, 0.1) is 5.76 Å². The Hall–Kier alpha value is -4.05. The molecule has 0 spiro atoms. The van der Waals surface area contributed by atoms with Gasteiger partial charge in [-0.2, -0.15) is 0 Å². The summed E-state index contributed by atoms with van der Waals surface area (Å²) in [6, 6.07) is 42.2. The van der Waals surface area contributed by atoms with Gasteiger partial charge in [-0.1, -0.05) is 89.8 Å². The van der Waals surface area contributed by atoms with Crippen LogP contribution in [-0.2, 0) is 24.9 Å². The molecular weight excluding hydrogens is 657 g/mol. The summed E-state index contributed by atoms with van der Waals surface area (Å²) in [7, 11) is 0. The molecule has 1 N–H and O–H groups in total. The normalized spacial score (nSPS) is 11.4. The van der Waals surface area contributed by atoms with Gasteiger partial charge in [-0.05, 0) is 53.9 Å². The zero-order chi connectivity index (χ0) is 26.5. The Labute approximate surface area is 243 Å². The molecule has 39 heavy (non-hydrogen) atoms. The Balaban J connectivity index is 0.000000394. The van der Waals surface area contributed by atoms with E-state index in [9.17, 15) is 4.79 Å². The number of rotatable bonds is 4. The van der Waals surface area contributed by atoms with E-state index in [1.807, 2.05) is 18.3 Å². The van der Waals surface area contributed by atoms with Crippen LogP contribution in [0.3, 0.4) is 0 Å². The molecule has 1 aliphatic rings. The van der Waals surface area contributed by atoms with Crippen LogP contribution in [0.1, 0.15) is 13.8 Å². The molecule has 0 bridgehead atoms. The standard InChI is InChI=1S/C29H19BN.C5H8O2.Ir/c1-3-10-21(11-4-1)23-18-24(22-12-5-2-6-13-22)20-25(19-23)30-27-15-8-7-14-26(27)29-28(30)16-9-17-31-29;1-4(6)3-5(2)7;/h1-13,15-20H;3,6H,1-2H3;/q-1;;/b;4-3-;. The average molecular weight is 685 g/mol. The van der Waals surface area contributed by atoms with Gasteiger partial charge < -0.3 is 10.1 Å². The molecule has 0 amide bonds. The minimum atomic E-state index is -0.125. The number of aliphatic hydroxyl groups excluding tert-OH is 1. The number of pyridine rings is 1. The Kier molecular flexibility index (Phi) is 9.09. The summed E-state index contributed by atoms with van der Waals surface area (Å²) in [6.45, 7) is 3.00. The van der Waals surface area contributed by atoms with Crippen molar-refractivity contribution in [3.05, 3.63) is 133 Å². The van der Waals surface area contributed by atoms with Crippen molar-refractivity contribution >= 4 is 28.9 Å². The fraction of sp³-hybridized carbons (Fsp3) is 0.0588. The number of aliphatic hydroxyl groups is 1. The number of aromatic nitrogens is 1. The van der Waals surface area contributed by atoms with Crippen molar-refractivity contribution < 1.29 is 30.0 Å². The van der Waals surface area contributed by atoms with Crippen LogP contribution in [0.5, 0.6) is 0 Å². The van der Waals surface area contributed by atoms with Crippen LogP contribution >= 0.6 is 0 Å².